The van der Waals surface area contributed by atoms with E-state index in [1.165, 1.54) is 0 Å². The van der Waals surface area contributed by atoms with E-state index in [9.17, 15) is 4.79 Å². The maximum atomic E-state index is 10.9. The van der Waals surface area contributed by atoms with Crippen molar-refractivity contribution in [1.29, 1.82) is 0 Å². The molecule has 17 heavy (non-hydrogen) atoms. The highest BCUT2D eigenvalue weighted by Gasteiger charge is 2.19. The zero-order valence-electron chi connectivity index (χ0n) is 9.00. The van der Waals surface area contributed by atoms with Crippen LogP contribution in [-0.2, 0) is 0 Å². The lowest BCUT2D eigenvalue weighted by molar-refractivity contribution is 0.0697. The molecular weight excluding hydrogens is 216 g/mol. The Morgan fingerprint density at radius 2 is 2.24 bits per heavy atom. The molecule has 2 heterocycles. The maximum Gasteiger partial charge on any atom is 0.335 e. The lowest BCUT2D eigenvalue weighted by Crippen LogP contribution is -2.28. The van der Waals surface area contributed by atoms with Crippen molar-refractivity contribution in [2.75, 3.05) is 11.4 Å². The molecular formula is C13H10N2O2. The second kappa shape index (κ2) is 3.59. The molecule has 1 aromatic carbocycles. The van der Waals surface area contributed by atoms with E-state index in [2.05, 4.69) is 9.89 Å². The molecule has 0 fully saturated rings. The molecule has 84 valence electrons. The number of carbonyl (C=O) groups is 1. The number of carboxylic acids is 1. The van der Waals surface area contributed by atoms with E-state index in [-0.39, 0.29) is 0 Å². The van der Waals surface area contributed by atoms with Crippen LogP contribution in [0.3, 0.4) is 0 Å². The van der Waals surface area contributed by atoms with Crippen molar-refractivity contribution in [2.24, 2.45) is 4.99 Å². The number of benzene rings is 1. The summed E-state index contributed by atoms with van der Waals surface area (Å²) in [4.78, 5) is 17.1. The van der Waals surface area contributed by atoms with Gasteiger partial charge in [-0.1, -0.05) is 6.08 Å². The lowest BCUT2D eigenvalue weighted by Gasteiger charge is -2.30. The fourth-order valence-corrected chi connectivity index (χ4v) is 2.05. The molecule has 0 radical (unpaired) electrons. The molecule has 2 aliphatic rings. The zero-order chi connectivity index (χ0) is 11.8. The van der Waals surface area contributed by atoms with Crippen molar-refractivity contribution >= 4 is 23.9 Å². The number of nitrogens with zero attached hydrogens (tertiary/aromatic N) is 2. The highest BCUT2D eigenvalue weighted by atomic mass is 16.4. The Labute approximate surface area is 98.2 Å². The largest absolute Gasteiger partial charge is 0.478 e. The molecule has 0 unspecified atom stereocenters. The van der Waals surface area contributed by atoms with Crippen LogP contribution in [-0.4, -0.2) is 23.8 Å². The fraction of sp³-hybridized carbons (Fsp3) is 0.0769. The Hall–Kier alpha value is -2.36. The first-order valence-corrected chi connectivity index (χ1v) is 5.30. The van der Waals surface area contributed by atoms with Gasteiger partial charge in [-0.15, -0.1) is 0 Å². The number of hydrogen-bond donors (Lipinski definition) is 1. The Morgan fingerprint density at radius 1 is 1.35 bits per heavy atom. The van der Waals surface area contributed by atoms with Gasteiger partial charge >= 0.3 is 5.97 Å². The Kier molecular flexibility index (Phi) is 2.08. The van der Waals surface area contributed by atoms with Gasteiger partial charge in [0.15, 0.2) is 0 Å². The number of allylic oxidation sites excluding steroid dienone is 1. The minimum atomic E-state index is -0.900. The highest BCUT2D eigenvalue weighted by molar-refractivity contribution is 5.91. The predicted octanol–water partition coefficient (Wildman–Crippen LogP) is 2.14. The first-order valence-electron chi connectivity index (χ1n) is 5.30. The van der Waals surface area contributed by atoms with Crippen LogP contribution in [0.4, 0.5) is 5.69 Å². The molecule has 1 N–H and O–H groups in total. The van der Waals surface area contributed by atoms with E-state index in [1.54, 1.807) is 18.3 Å². The summed E-state index contributed by atoms with van der Waals surface area (Å²) >= 11 is 0. The minimum absolute atomic E-state index is 0.312. The molecule has 0 saturated heterocycles. The van der Waals surface area contributed by atoms with Gasteiger partial charge in [-0.25, -0.2) is 4.79 Å². The number of aromatic carboxylic acids is 1. The summed E-state index contributed by atoms with van der Waals surface area (Å²) in [5.74, 6) is -0.900. The highest BCUT2D eigenvalue weighted by Crippen LogP contribution is 2.32. The number of aliphatic imine (C=N–C) groups is 1. The number of anilines is 1. The van der Waals surface area contributed by atoms with Crippen molar-refractivity contribution in [2.45, 2.75) is 0 Å². The average Bonchev–Trinajstić information content (AvgIpc) is 2.38. The summed E-state index contributed by atoms with van der Waals surface area (Å²) in [5.41, 5.74) is 3.29. The van der Waals surface area contributed by atoms with Crippen LogP contribution in [0.1, 0.15) is 15.9 Å². The monoisotopic (exact) mass is 226 g/mol. The summed E-state index contributed by atoms with van der Waals surface area (Å²) in [6.45, 7) is 0.718. The van der Waals surface area contributed by atoms with Crippen molar-refractivity contribution in [1.82, 2.24) is 0 Å². The number of fused-ring (bicyclic) bond motifs is 3. The molecule has 0 saturated carbocycles. The van der Waals surface area contributed by atoms with E-state index in [0.717, 1.165) is 23.5 Å². The van der Waals surface area contributed by atoms with E-state index in [1.807, 2.05) is 24.4 Å². The Bertz CT molecular complexity index is 585. The molecule has 2 aliphatic heterocycles. The van der Waals surface area contributed by atoms with Gasteiger partial charge < -0.3 is 10.0 Å². The molecule has 0 atom stereocenters. The predicted molar refractivity (Wildman–Crippen MR) is 66.4 cm³/mol. The Balaban J connectivity index is 2.11. The second-order valence-electron chi connectivity index (χ2n) is 3.91. The van der Waals surface area contributed by atoms with Gasteiger partial charge in [-0.3, -0.25) is 4.99 Å². The smallest absolute Gasteiger partial charge is 0.335 e. The van der Waals surface area contributed by atoms with E-state index in [0.29, 0.717) is 5.56 Å². The fourth-order valence-electron chi connectivity index (χ4n) is 2.05. The number of hydrogen-bond acceptors (Lipinski definition) is 3. The van der Waals surface area contributed by atoms with Crippen molar-refractivity contribution in [3.8, 4) is 0 Å². The molecule has 0 aliphatic carbocycles. The first kappa shape index (κ1) is 9.84. The first-order chi connectivity index (χ1) is 8.25. The second-order valence-corrected chi connectivity index (χ2v) is 3.91. The van der Waals surface area contributed by atoms with Gasteiger partial charge in [0.05, 0.1) is 24.0 Å². The zero-order valence-corrected chi connectivity index (χ0v) is 9.00. The van der Waals surface area contributed by atoms with Crippen LogP contribution in [0, 0.1) is 0 Å². The maximum absolute atomic E-state index is 10.9. The summed E-state index contributed by atoms with van der Waals surface area (Å²) < 4.78 is 0. The van der Waals surface area contributed by atoms with Crippen LogP contribution in [0.25, 0.3) is 6.08 Å². The third kappa shape index (κ3) is 1.54. The summed E-state index contributed by atoms with van der Waals surface area (Å²) in [7, 11) is 0. The van der Waals surface area contributed by atoms with Crippen LogP contribution in [0.15, 0.2) is 41.2 Å². The molecule has 1 aromatic rings. The summed E-state index contributed by atoms with van der Waals surface area (Å²) in [6.07, 6.45) is 7.50. The normalized spacial score (nSPS) is 16.2. The molecule has 0 bridgehead atoms. The number of carboxylic acid groups (broad SMARTS) is 1. The van der Waals surface area contributed by atoms with E-state index < -0.39 is 5.97 Å². The summed E-state index contributed by atoms with van der Waals surface area (Å²) in [6, 6.07) is 5.16. The minimum Gasteiger partial charge on any atom is -0.478 e. The molecule has 0 amide bonds. The average molecular weight is 226 g/mol. The van der Waals surface area contributed by atoms with Gasteiger partial charge in [0, 0.05) is 11.9 Å². The Morgan fingerprint density at radius 3 is 3.06 bits per heavy atom. The van der Waals surface area contributed by atoms with Crippen LogP contribution < -0.4 is 4.90 Å². The topological polar surface area (TPSA) is 52.9 Å². The van der Waals surface area contributed by atoms with Crippen LogP contribution in [0.5, 0.6) is 0 Å². The van der Waals surface area contributed by atoms with Crippen LogP contribution >= 0.6 is 0 Å². The van der Waals surface area contributed by atoms with Gasteiger partial charge in [-0.2, -0.15) is 0 Å². The number of rotatable bonds is 1. The third-order valence-corrected chi connectivity index (χ3v) is 2.89. The van der Waals surface area contributed by atoms with E-state index >= 15 is 0 Å². The third-order valence-electron chi connectivity index (χ3n) is 2.89. The lowest BCUT2D eigenvalue weighted by atomic mass is 10.0. The summed E-state index contributed by atoms with van der Waals surface area (Å²) in [5, 5.41) is 8.95. The molecule has 4 heteroatoms. The molecule has 0 spiro atoms. The molecule has 0 aromatic heterocycles. The van der Waals surface area contributed by atoms with Crippen LogP contribution in [0.2, 0.25) is 0 Å². The van der Waals surface area contributed by atoms with Gasteiger partial charge in [0.2, 0.25) is 0 Å². The van der Waals surface area contributed by atoms with Crippen molar-refractivity contribution in [3.63, 3.8) is 0 Å². The standard InChI is InChI=1S/C13H10N2O2/c16-13(17)10-2-4-12-9(7-10)1-3-11-8-14-5-6-15(11)12/h1-5,7-8H,6H2,(H,16,17). The van der Waals surface area contributed by atoms with E-state index in [4.69, 9.17) is 5.11 Å². The van der Waals surface area contributed by atoms with Gasteiger partial charge in [0.25, 0.3) is 0 Å². The van der Waals surface area contributed by atoms with Gasteiger partial charge in [-0.05, 0) is 29.8 Å². The quantitative estimate of drug-likeness (QED) is 0.798. The van der Waals surface area contributed by atoms with Crippen molar-refractivity contribution in [3.05, 3.63) is 47.3 Å². The molecule has 3 rings (SSSR count). The molecule has 4 nitrogen and oxygen atoms in total. The van der Waals surface area contributed by atoms with Gasteiger partial charge in [0.1, 0.15) is 0 Å². The SMILES string of the molecule is O=C(O)c1ccc2c(c1)C=CC1=CN=CCN12. The van der Waals surface area contributed by atoms with Crippen molar-refractivity contribution < 1.29 is 9.90 Å².